The molecule has 0 amide bonds. The molecule has 0 aliphatic heterocycles. The van der Waals surface area contributed by atoms with Gasteiger partial charge in [0.05, 0.1) is 5.88 Å². The van der Waals surface area contributed by atoms with Gasteiger partial charge in [0, 0.05) is 12.5 Å². The lowest BCUT2D eigenvalue weighted by Crippen LogP contribution is -2.03. The number of aryl methyl sites for hydroxylation is 1. The second-order valence-corrected chi connectivity index (χ2v) is 3.11. The van der Waals surface area contributed by atoms with Crippen LogP contribution in [0.5, 0.6) is 5.75 Å². The highest BCUT2D eigenvalue weighted by molar-refractivity contribution is 6.17. The van der Waals surface area contributed by atoms with Crippen molar-refractivity contribution in [2.24, 2.45) is 0 Å². The SMILES string of the molecule is CC(=O)Oc1cc(C)ccc1CCl. The first-order chi connectivity index (χ1) is 6.13. The molecule has 1 rings (SSSR count). The highest BCUT2D eigenvalue weighted by Gasteiger charge is 2.04. The van der Waals surface area contributed by atoms with E-state index in [4.69, 9.17) is 16.3 Å². The Hall–Kier alpha value is -1.02. The zero-order valence-corrected chi connectivity index (χ0v) is 8.39. The van der Waals surface area contributed by atoms with Gasteiger partial charge in [0.25, 0.3) is 0 Å². The summed E-state index contributed by atoms with van der Waals surface area (Å²) < 4.78 is 4.99. The number of carbonyl (C=O) groups is 1. The van der Waals surface area contributed by atoms with E-state index in [0.29, 0.717) is 11.6 Å². The number of alkyl halides is 1. The first-order valence-corrected chi connectivity index (χ1v) is 4.51. The van der Waals surface area contributed by atoms with Crippen LogP contribution in [0.25, 0.3) is 0 Å². The van der Waals surface area contributed by atoms with Crippen LogP contribution in [-0.2, 0) is 10.7 Å². The number of ether oxygens (including phenoxy) is 1. The van der Waals surface area contributed by atoms with Gasteiger partial charge >= 0.3 is 5.97 Å². The molecule has 0 aliphatic carbocycles. The molecule has 0 unspecified atom stereocenters. The summed E-state index contributed by atoms with van der Waals surface area (Å²) in [6.07, 6.45) is 0. The molecule has 0 heterocycles. The quantitative estimate of drug-likeness (QED) is 0.415. The van der Waals surface area contributed by atoms with E-state index in [1.54, 1.807) is 6.07 Å². The van der Waals surface area contributed by atoms with Gasteiger partial charge in [0.1, 0.15) is 5.75 Å². The number of benzene rings is 1. The fourth-order valence-corrected chi connectivity index (χ4v) is 1.24. The van der Waals surface area contributed by atoms with E-state index in [2.05, 4.69) is 0 Å². The lowest BCUT2D eigenvalue weighted by Gasteiger charge is -2.06. The smallest absolute Gasteiger partial charge is 0.308 e. The van der Waals surface area contributed by atoms with Crippen LogP contribution in [0.4, 0.5) is 0 Å². The zero-order valence-electron chi connectivity index (χ0n) is 7.63. The molecule has 70 valence electrons. The highest BCUT2D eigenvalue weighted by atomic mass is 35.5. The van der Waals surface area contributed by atoms with Crippen molar-refractivity contribution in [3.05, 3.63) is 29.3 Å². The van der Waals surface area contributed by atoms with Gasteiger partial charge in [-0.05, 0) is 18.6 Å². The lowest BCUT2D eigenvalue weighted by molar-refractivity contribution is -0.131. The molecule has 3 heteroatoms. The normalized spacial score (nSPS) is 9.77. The van der Waals surface area contributed by atoms with Crippen molar-refractivity contribution in [1.82, 2.24) is 0 Å². The van der Waals surface area contributed by atoms with Gasteiger partial charge in [0.15, 0.2) is 0 Å². The minimum absolute atomic E-state index is 0.322. The standard InChI is InChI=1S/C10H11ClO2/c1-7-3-4-9(6-11)10(5-7)13-8(2)12/h3-5H,6H2,1-2H3. The van der Waals surface area contributed by atoms with Gasteiger partial charge in [-0.25, -0.2) is 0 Å². The van der Waals surface area contributed by atoms with E-state index in [1.807, 2.05) is 19.1 Å². The van der Waals surface area contributed by atoms with E-state index in [1.165, 1.54) is 6.92 Å². The first kappa shape index (κ1) is 10.1. The topological polar surface area (TPSA) is 26.3 Å². The summed E-state index contributed by atoms with van der Waals surface area (Å²) in [5.74, 6) is 0.586. The van der Waals surface area contributed by atoms with E-state index >= 15 is 0 Å². The lowest BCUT2D eigenvalue weighted by atomic mass is 10.1. The van der Waals surface area contributed by atoms with E-state index in [0.717, 1.165) is 11.1 Å². The van der Waals surface area contributed by atoms with Crippen LogP contribution in [0.15, 0.2) is 18.2 Å². The molecule has 0 atom stereocenters. The van der Waals surface area contributed by atoms with Crippen LogP contribution in [-0.4, -0.2) is 5.97 Å². The maximum absolute atomic E-state index is 10.7. The molecular formula is C10H11ClO2. The Kier molecular flexibility index (Phi) is 3.32. The average Bonchev–Trinajstić information content (AvgIpc) is 2.03. The maximum Gasteiger partial charge on any atom is 0.308 e. The summed E-state index contributed by atoms with van der Waals surface area (Å²) >= 11 is 5.68. The Morgan fingerprint density at radius 3 is 2.77 bits per heavy atom. The van der Waals surface area contributed by atoms with Crippen molar-refractivity contribution in [2.45, 2.75) is 19.7 Å². The van der Waals surface area contributed by atoms with Gasteiger partial charge in [-0.2, -0.15) is 0 Å². The largest absolute Gasteiger partial charge is 0.426 e. The van der Waals surface area contributed by atoms with Crippen LogP contribution in [0.3, 0.4) is 0 Å². The second-order valence-electron chi connectivity index (χ2n) is 2.84. The van der Waals surface area contributed by atoms with E-state index in [-0.39, 0.29) is 5.97 Å². The molecule has 0 N–H and O–H groups in total. The predicted molar refractivity (Wildman–Crippen MR) is 52.0 cm³/mol. The molecule has 2 nitrogen and oxygen atoms in total. The number of halogens is 1. The van der Waals surface area contributed by atoms with Crippen LogP contribution < -0.4 is 4.74 Å². The summed E-state index contributed by atoms with van der Waals surface area (Å²) in [6, 6.07) is 5.60. The molecule has 0 aliphatic rings. The number of esters is 1. The van der Waals surface area contributed by atoms with Crippen molar-refractivity contribution in [3.63, 3.8) is 0 Å². The van der Waals surface area contributed by atoms with Crippen molar-refractivity contribution in [1.29, 1.82) is 0 Å². The molecule has 0 spiro atoms. The summed E-state index contributed by atoms with van der Waals surface area (Å²) in [7, 11) is 0. The Bertz CT molecular complexity index is 321. The minimum Gasteiger partial charge on any atom is -0.426 e. The molecule has 0 saturated heterocycles. The van der Waals surface area contributed by atoms with E-state index in [9.17, 15) is 4.79 Å². The molecule has 1 aromatic carbocycles. The van der Waals surface area contributed by atoms with Crippen LogP contribution in [0.2, 0.25) is 0 Å². The molecule has 0 bridgehead atoms. The Labute approximate surface area is 82.5 Å². The second kappa shape index (κ2) is 4.28. The molecular weight excluding hydrogens is 188 g/mol. The molecule has 1 aromatic rings. The van der Waals surface area contributed by atoms with Crippen LogP contribution in [0.1, 0.15) is 18.1 Å². The molecule has 13 heavy (non-hydrogen) atoms. The fourth-order valence-electron chi connectivity index (χ4n) is 1.02. The van der Waals surface area contributed by atoms with Gasteiger partial charge in [-0.15, -0.1) is 11.6 Å². The van der Waals surface area contributed by atoms with Crippen molar-refractivity contribution < 1.29 is 9.53 Å². The van der Waals surface area contributed by atoms with Gasteiger partial charge in [-0.3, -0.25) is 4.79 Å². The number of rotatable bonds is 2. The van der Waals surface area contributed by atoms with Crippen molar-refractivity contribution in [3.8, 4) is 5.75 Å². The monoisotopic (exact) mass is 198 g/mol. The molecule has 0 radical (unpaired) electrons. The number of hydrogen-bond acceptors (Lipinski definition) is 2. The summed E-state index contributed by atoms with van der Waals surface area (Å²) in [6.45, 7) is 3.31. The molecule has 0 fully saturated rings. The highest BCUT2D eigenvalue weighted by Crippen LogP contribution is 2.21. The summed E-state index contributed by atoms with van der Waals surface area (Å²) in [5.41, 5.74) is 1.88. The third-order valence-corrected chi connectivity index (χ3v) is 1.91. The Balaban J connectivity index is 3.01. The average molecular weight is 199 g/mol. The van der Waals surface area contributed by atoms with Gasteiger partial charge < -0.3 is 4.74 Å². The van der Waals surface area contributed by atoms with Gasteiger partial charge in [-0.1, -0.05) is 12.1 Å². The first-order valence-electron chi connectivity index (χ1n) is 3.97. The number of hydrogen-bond donors (Lipinski definition) is 0. The van der Waals surface area contributed by atoms with Crippen LogP contribution in [0, 0.1) is 6.92 Å². The van der Waals surface area contributed by atoms with Crippen LogP contribution >= 0.6 is 11.6 Å². The third kappa shape index (κ3) is 2.74. The summed E-state index contributed by atoms with van der Waals surface area (Å²) in [4.78, 5) is 10.7. The summed E-state index contributed by atoms with van der Waals surface area (Å²) in [5, 5.41) is 0. The predicted octanol–water partition coefficient (Wildman–Crippen LogP) is 2.66. The van der Waals surface area contributed by atoms with Crippen molar-refractivity contribution >= 4 is 17.6 Å². The Morgan fingerprint density at radius 1 is 1.54 bits per heavy atom. The molecule has 0 aromatic heterocycles. The fraction of sp³-hybridized carbons (Fsp3) is 0.300. The van der Waals surface area contributed by atoms with Crippen molar-refractivity contribution in [2.75, 3.05) is 0 Å². The minimum atomic E-state index is -0.322. The third-order valence-electron chi connectivity index (χ3n) is 1.62. The zero-order chi connectivity index (χ0) is 9.84. The maximum atomic E-state index is 10.7. The molecule has 0 saturated carbocycles. The number of carbonyl (C=O) groups excluding carboxylic acids is 1. The van der Waals surface area contributed by atoms with E-state index < -0.39 is 0 Å². The Morgan fingerprint density at radius 2 is 2.23 bits per heavy atom. The van der Waals surface area contributed by atoms with Gasteiger partial charge in [0.2, 0.25) is 0 Å².